The van der Waals surface area contributed by atoms with Crippen LogP contribution in [-0.4, -0.2) is 23.0 Å². The number of benzene rings is 1. The van der Waals surface area contributed by atoms with E-state index in [0.717, 1.165) is 53.4 Å². The molecule has 2 aromatic rings. The average Bonchev–Trinajstić information content (AvgIpc) is 2.97. The summed E-state index contributed by atoms with van der Waals surface area (Å²) in [6.45, 7) is 6.46. The van der Waals surface area contributed by atoms with Crippen molar-refractivity contribution in [1.29, 1.82) is 0 Å². The summed E-state index contributed by atoms with van der Waals surface area (Å²) in [6, 6.07) is 2.26. The SMILES string of the molecule is COC(=O)[C@]1(C)CCC[C@]2(C)c3cc(Br)c4nc(C)[nH]c4c3CCC12. The van der Waals surface area contributed by atoms with Gasteiger partial charge < -0.3 is 9.72 Å². The fourth-order valence-electron chi connectivity index (χ4n) is 5.67. The highest BCUT2D eigenvalue weighted by Crippen LogP contribution is 2.58. The van der Waals surface area contributed by atoms with Gasteiger partial charge in [-0.3, -0.25) is 4.79 Å². The molecule has 1 heterocycles. The third-order valence-electron chi connectivity index (χ3n) is 6.83. The lowest BCUT2D eigenvalue weighted by molar-refractivity contribution is -0.161. The molecule has 1 unspecified atom stereocenters. The molecule has 1 N–H and O–H groups in total. The van der Waals surface area contributed by atoms with Crippen LogP contribution >= 0.6 is 15.9 Å². The lowest BCUT2D eigenvalue weighted by Crippen LogP contribution is -2.52. The van der Waals surface area contributed by atoms with Gasteiger partial charge in [-0.05, 0) is 84.0 Å². The Balaban J connectivity index is 1.92. The predicted molar refractivity (Wildman–Crippen MR) is 102 cm³/mol. The molecule has 0 amide bonds. The monoisotopic (exact) mass is 404 g/mol. The molecule has 3 atom stereocenters. The van der Waals surface area contributed by atoms with E-state index < -0.39 is 5.41 Å². The van der Waals surface area contributed by atoms with Crippen molar-refractivity contribution in [2.75, 3.05) is 7.11 Å². The molecule has 1 aromatic heterocycles. The number of ether oxygens (including phenoxy) is 1. The van der Waals surface area contributed by atoms with E-state index in [1.165, 1.54) is 18.2 Å². The summed E-state index contributed by atoms with van der Waals surface area (Å²) < 4.78 is 6.25. The zero-order valence-corrected chi connectivity index (χ0v) is 16.9. The van der Waals surface area contributed by atoms with Gasteiger partial charge in [0.05, 0.1) is 18.0 Å². The molecule has 5 heteroatoms. The largest absolute Gasteiger partial charge is 0.469 e. The van der Waals surface area contributed by atoms with Gasteiger partial charge in [0.2, 0.25) is 0 Å². The van der Waals surface area contributed by atoms with Gasteiger partial charge in [0.15, 0.2) is 0 Å². The topological polar surface area (TPSA) is 55.0 Å². The van der Waals surface area contributed by atoms with Crippen molar-refractivity contribution in [1.82, 2.24) is 9.97 Å². The van der Waals surface area contributed by atoms with Crippen molar-refractivity contribution in [2.24, 2.45) is 11.3 Å². The van der Waals surface area contributed by atoms with Crippen LogP contribution in [0, 0.1) is 18.3 Å². The maximum Gasteiger partial charge on any atom is 0.311 e. The first kappa shape index (κ1) is 17.1. The summed E-state index contributed by atoms with van der Waals surface area (Å²) in [6.07, 6.45) is 5.08. The second-order valence-corrected chi connectivity index (χ2v) is 9.06. The molecule has 0 bridgehead atoms. The van der Waals surface area contributed by atoms with Crippen LogP contribution in [0.2, 0.25) is 0 Å². The Labute approximate surface area is 156 Å². The van der Waals surface area contributed by atoms with Crippen LogP contribution in [-0.2, 0) is 21.4 Å². The Morgan fingerprint density at radius 3 is 2.88 bits per heavy atom. The summed E-state index contributed by atoms with van der Waals surface area (Å²) in [4.78, 5) is 20.7. The summed E-state index contributed by atoms with van der Waals surface area (Å²) in [7, 11) is 1.52. The summed E-state index contributed by atoms with van der Waals surface area (Å²) in [5, 5.41) is 0. The summed E-state index contributed by atoms with van der Waals surface area (Å²) in [5.74, 6) is 1.20. The van der Waals surface area contributed by atoms with Crippen LogP contribution in [0.5, 0.6) is 0 Å². The second-order valence-electron chi connectivity index (χ2n) is 8.20. The van der Waals surface area contributed by atoms with Crippen molar-refractivity contribution in [3.63, 3.8) is 0 Å². The minimum atomic E-state index is -0.398. The van der Waals surface area contributed by atoms with Crippen LogP contribution in [0.3, 0.4) is 0 Å². The number of hydrogen-bond acceptors (Lipinski definition) is 3. The fourth-order valence-corrected chi connectivity index (χ4v) is 6.18. The minimum absolute atomic E-state index is 0.00943. The van der Waals surface area contributed by atoms with E-state index in [0.29, 0.717) is 5.92 Å². The van der Waals surface area contributed by atoms with Crippen LogP contribution < -0.4 is 0 Å². The fraction of sp³-hybridized carbons (Fsp3) is 0.600. The Hall–Kier alpha value is -1.36. The molecule has 0 spiro atoms. The highest BCUT2D eigenvalue weighted by Gasteiger charge is 2.56. The molecule has 4 rings (SSSR count). The number of hydrogen-bond donors (Lipinski definition) is 1. The maximum absolute atomic E-state index is 12.6. The van der Waals surface area contributed by atoms with E-state index in [9.17, 15) is 4.79 Å². The molecule has 0 saturated heterocycles. The Morgan fingerprint density at radius 2 is 2.16 bits per heavy atom. The number of nitrogens with one attached hydrogen (secondary N) is 1. The van der Waals surface area contributed by atoms with Gasteiger partial charge in [0.1, 0.15) is 11.3 Å². The molecule has 0 aliphatic heterocycles. The Kier molecular flexibility index (Phi) is 3.80. The number of aromatic amines is 1. The number of fused-ring (bicyclic) bond motifs is 5. The van der Waals surface area contributed by atoms with Gasteiger partial charge in [0, 0.05) is 4.47 Å². The number of aryl methyl sites for hydroxylation is 2. The van der Waals surface area contributed by atoms with Crippen molar-refractivity contribution >= 4 is 32.9 Å². The Bertz CT molecular complexity index is 874. The van der Waals surface area contributed by atoms with Gasteiger partial charge in [-0.25, -0.2) is 4.98 Å². The van der Waals surface area contributed by atoms with Crippen molar-refractivity contribution in [3.05, 3.63) is 27.5 Å². The normalized spacial score (nSPS) is 31.5. The van der Waals surface area contributed by atoms with Crippen LogP contribution in [0.15, 0.2) is 10.5 Å². The molecule has 0 radical (unpaired) electrons. The van der Waals surface area contributed by atoms with Gasteiger partial charge in [-0.1, -0.05) is 13.3 Å². The molecule has 4 nitrogen and oxygen atoms in total. The van der Waals surface area contributed by atoms with Gasteiger partial charge in [-0.2, -0.15) is 0 Å². The van der Waals surface area contributed by atoms with E-state index in [2.05, 4.69) is 45.8 Å². The van der Waals surface area contributed by atoms with Crippen LogP contribution in [0.1, 0.15) is 56.5 Å². The first-order valence-corrected chi connectivity index (χ1v) is 9.87. The highest BCUT2D eigenvalue weighted by atomic mass is 79.9. The summed E-state index contributed by atoms with van der Waals surface area (Å²) >= 11 is 3.73. The lowest BCUT2D eigenvalue weighted by atomic mass is 9.50. The smallest absolute Gasteiger partial charge is 0.311 e. The van der Waals surface area contributed by atoms with E-state index in [-0.39, 0.29) is 11.4 Å². The predicted octanol–water partition coefficient (Wildman–Crippen LogP) is 4.82. The van der Waals surface area contributed by atoms with E-state index in [4.69, 9.17) is 4.74 Å². The molecule has 2 aliphatic rings. The quantitative estimate of drug-likeness (QED) is 0.693. The lowest BCUT2D eigenvalue weighted by Gasteiger charge is -2.54. The zero-order chi connectivity index (χ0) is 18.0. The number of nitrogens with zero attached hydrogens (tertiary/aromatic N) is 1. The number of methoxy groups -OCH3 is 1. The van der Waals surface area contributed by atoms with E-state index in [1.807, 2.05) is 6.92 Å². The van der Waals surface area contributed by atoms with Gasteiger partial charge in [-0.15, -0.1) is 0 Å². The molecular weight excluding hydrogens is 380 g/mol. The molecule has 134 valence electrons. The van der Waals surface area contributed by atoms with E-state index in [1.54, 1.807) is 0 Å². The number of H-pyrrole nitrogens is 1. The standard InChI is InChI=1S/C20H25BrN2O2/c1-11-22-16-12-6-7-15-19(2,13(12)10-14(21)17(16)23-11)8-5-9-20(15,3)18(24)25-4/h10,15H,5-9H2,1-4H3,(H,22,23)/t15?,19-,20-/m1/s1. The first-order valence-electron chi connectivity index (χ1n) is 9.08. The number of esters is 1. The van der Waals surface area contributed by atoms with Crippen LogP contribution in [0.4, 0.5) is 0 Å². The third kappa shape index (κ3) is 2.24. The molecule has 25 heavy (non-hydrogen) atoms. The number of carbonyl (C=O) groups is 1. The maximum atomic E-state index is 12.6. The third-order valence-corrected chi connectivity index (χ3v) is 7.43. The van der Waals surface area contributed by atoms with Gasteiger partial charge in [0.25, 0.3) is 0 Å². The van der Waals surface area contributed by atoms with Gasteiger partial charge >= 0.3 is 5.97 Å². The highest BCUT2D eigenvalue weighted by molar-refractivity contribution is 9.10. The summed E-state index contributed by atoms with van der Waals surface area (Å²) in [5.41, 5.74) is 4.53. The van der Waals surface area contributed by atoms with Crippen molar-refractivity contribution in [3.8, 4) is 0 Å². The second kappa shape index (κ2) is 5.57. The van der Waals surface area contributed by atoms with Crippen molar-refractivity contribution < 1.29 is 9.53 Å². The van der Waals surface area contributed by atoms with Crippen molar-refractivity contribution in [2.45, 2.75) is 58.3 Å². The molecule has 1 saturated carbocycles. The molecule has 1 aromatic carbocycles. The number of carbonyl (C=O) groups excluding carboxylic acids is 1. The van der Waals surface area contributed by atoms with Crippen LogP contribution in [0.25, 0.3) is 11.0 Å². The average molecular weight is 405 g/mol. The minimum Gasteiger partial charge on any atom is -0.469 e. The number of rotatable bonds is 1. The number of aromatic nitrogens is 2. The zero-order valence-electron chi connectivity index (χ0n) is 15.3. The molecule has 1 fully saturated rings. The number of imidazole rings is 1. The molecule has 2 aliphatic carbocycles. The number of halogens is 1. The van der Waals surface area contributed by atoms with E-state index >= 15 is 0 Å². The first-order chi connectivity index (χ1) is 11.8. The Morgan fingerprint density at radius 1 is 1.40 bits per heavy atom. The molecular formula is C20H25BrN2O2.